The molecule has 1 atom stereocenters. The highest BCUT2D eigenvalue weighted by molar-refractivity contribution is 5.17. The third kappa shape index (κ3) is 3.38. The summed E-state index contributed by atoms with van der Waals surface area (Å²) in [6.45, 7) is 10.5. The van der Waals surface area contributed by atoms with Crippen LogP contribution in [-0.2, 0) is 0 Å². The van der Waals surface area contributed by atoms with Gasteiger partial charge in [-0.2, -0.15) is 0 Å². The van der Waals surface area contributed by atoms with Crippen LogP contribution >= 0.6 is 0 Å². The Morgan fingerprint density at radius 1 is 1.41 bits per heavy atom. The van der Waals surface area contributed by atoms with Crippen LogP contribution in [0.2, 0.25) is 0 Å². The summed E-state index contributed by atoms with van der Waals surface area (Å²) in [6.07, 6.45) is 4.79. The standard InChI is InChI=1S/C14H21N3/c1-12(2)11-14(13-3-5-15-6-4-13)17-9-7-16-8-10-17/h3-6,14,16H,1,7-11H2,2H3/t14-/m1/s1. The van der Waals surface area contributed by atoms with E-state index in [-0.39, 0.29) is 0 Å². The van der Waals surface area contributed by atoms with Gasteiger partial charge in [0.2, 0.25) is 0 Å². The van der Waals surface area contributed by atoms with E-state index in [0.29, 0.717) is 6.04 Å². The zero-order valence-electron chi connectivity index (χ0n) is 10.5. The molecule has 3 heteroatoms. The van der Waals surface area contributed by atoms with Gasteiger partial charge in [-0.05, 0) is 31.0 Å². The van der Waals surface area contributed by atoms with Gasteiger partial charge in [0.25, 0.3) is 0 Å². The van der Waals surface area contributed by atoms with Gasteiger partial charge in [0, 0.05) is 44.6 Å². The topological polar surface area (TPSA) is 28.2 Å². The van der Waals surface area contributed by atoms with E-state index in [0.717, 1.165) is 32.6 Å². The minimum atomic E-state index is 0.456. The molecule has 2 rings (SSSR count). The summed E-state index contributed by atoms with van der Waals surface area (Å²) >= 11 is 0. The summed E-state index contributed by atoms with van der Waals surface area (Å²) in [7, 11) is 0. The quantitative estimate of drug-likeness (QED) is 0.803. The van der Waals surface area contributed by atoms with Crippen LogP contribution in [-0.4, -0.2) is 36.1 Å². The fourth-order valence-electron chi connectivity index (χ4n) is 2.37. The zero-order chi connectivity index (χ0) is 12.1. The van der Waals surface area contributed by atoms with Crippen LogP contribution in [0, 0.1) is 0 Å². The first-order valence-electron chi connectivity index (χ1n) is 6.26. The SMILES string of the molecule is C=C(C)C[C@H](c1ccncc1)N1CCNCC1. The molecule has 1 saturated heterocycles. The normalized spacial score (nSPS) is 18.9. The number of pyridine rings is 1. The van der Waals surface area contributed by atoms with Crippen molar-refractivity contribution in [2.45, 2.75) is 19.4 Å². The van der Waals surface area contributed by atoms with E-state index < -0.39 is 0 Å². The minimum absolute atomic E-state index is 0.456. The average molecular weight is 231 g/mol. The number of rotatable bonds is 4. The second kappa shape index (κ2) is 5.94. The van der Waals surface area contributed by atoms with Crippen molar-refractivity contribution in [1.82, 2.24) is 15.2 Å². The van der Waals surface area contributed by atoms with E-state index in [2.05, 4.69) is 40.8 Å². The first-order chi connectivity index (χ1) is 8.27. The van der Waals surface area contributed by atoms with E-state index in [9.17, 15) is 0 Å². The van der Waals surface area contributed by atoms with Crippen LogP contribution in [0.4, 0.5) is 0 Å². The van der Waals surface area contributed by atoms with E-state index >= 15 is 0 Å². The summed E-state index contributed by atoms with van der Waals surface area (Å²) in [5.41, 5.74) is 2.59. The molecule has 0 amide bonds. The smallest absolute Gasteiger partial charge is 0.0387 e. The summed E-state index contributed by atoms with van der Waals surface area (Å²) in [5.74, 6) is 0. The molecule has 1 aliphatic rings. The second-order valence-corrected chi connectivity index (χ2v) is 4.74. The molecule has 0 unspecified atom stereocenters. The van der Waals surface area contributed by atoms with E-state index in [4.69, 9.17) is 0 Å². The van der Waals surface area contributed by atoms with Gasteiger partial charge in [-0.1, -0.05) is 5.57 Å². The Bertz CT molecular complexity index is 355. The van der Waals surface area contributed by atoms with E-state index in [1.807, 2.05) is 12.4 Å². The van der Waals surface area contributed by atoms with Gasteiger partial charge in [-0.25, -0.2) is 0 Å². The van der Waals surface area contributed by atoms with Crippen LogP contribution in [0.5, 0.6) is 0 Å². The molecule has 17 heavy (non-hydrogen) atoms. The van der Waals surface area contributed by atoms with Crippen molar-refractivity contribution >= 4 is 0 Å². The number of aromatic nitrogens is 1. The lowest BCUT2D eigenvalue weighted by atomic mass is 9.99. The molecule has 0 aromatic carbocycles. The fourth-order valence-corrected chi connectivity index (χ4v) is 2.37. The number of nitrogens with zero attached hydrogens (tertiary/aromatic N) is 2. The summed E-state index contributed by atoms with van der Waals surface area (Å²) < 4.78 is 0. The Kier molecular flexibility index (Phi) is 4.29. The maximum atomic E-state index is 4.10. The van der Waals surface area contributed by atoms with E-state index in [1.165, 1.54) is 11.1 Å². The van der Waals surface area contributed by atoms with Gasteiger partial charge in [-0.3, -0.25) is 9.88 Å². The molecule has 0 spiro atoms. The lowest BCUT2D eigenvalue weighted by Crippen LogP contribution is -2.45. The van der Waals surface area contributed by atoms with Gasteiger partial charge < -0.3 is 5.32 Å². The van der Waals surface area contributed by atoms with Crippen molar-refractivity contribution in [1.29, 1.82) is 0 Å². The highest BCUT2D eigenvalue weighted by atomic mass is 15.2. The Labute approximate surface area is 104 Å². The third-order valence-electron chi connectivity index (χ3n) is 3.23. The third-order valence-corrected chi connectivity index (χ3v) is 3.23. The number of piperazine rings is 1. The van der Waals surface area contributed by atoms with Crippen LogP contribution in [0.15, 0.2) is 36.7 Å². The van der Waals surface area contributed by atoms with Crippen molar-refractivity contribution in [3.05, 3.63) is 42.2 Å². The van der Waals surface area contributed by atoms with Gasteiger partial charge in [0.05, 0.1) is 0 Å². The molecule has 0 bridgehead atoms. The molecular weight excluding hydrogens is 210 g/mol. The van der Waals surface area contributed by atoms with Crippen LogP contribution in [0.25, 0.3) is 0 Å². The minimum Gasteiger partial charge on any atom is -0.314 e. The molecule has 2 heterocycles. The Morgan fingerprint density at radius 3 is 2.65 bits per heavy atom. The molecule has 3 nitrogen and oxygen atoms in total. The molecule has 0 aliphatic carbocycles. The summed E-state index contributed by atoms with van der Waals surface area (Å²) in [4.78, 5) is 6.64. The number of hydrogen-bond donors (Lipinski definition) is 1. The predicted molar refractivity (Wildman–Crippen MR) is 70.9 cm³/mol. The molecule has 1 aromatic rings. The molecule has 1 aliphatic heterocycles. The Hall–Kier alpha value is -1.19. The molecule has 1 fully saturated rings. The van der Waals surface area contributed by atoms with Crippen LogP contribution in [0.3, 0.4) is 0 Å². The molecule has 1 aromatic heterocycles. The van der Waals surface area contributed by atoms with Gasteiger partial charge in [-0.15, -0.1) is 6.58 Å². The van der Waals surface area contributed by atoms with Gasteiger partial charge in [0.15, 0.2) is 0 Å². The monoisotopic (exact) mass is 231 g/mol. The largest absolute Gasteiger partial charge is 0.314 e. The maximum absolute atomic E-state index is 4.10. The highest BCUT2D eigenvalue weighted by Gasteiger charge is 2.21. The first-order valence-corrected chi connectivity index (χ1v) is 6.26. The lowest BCUT2D eigenvalue weighted by molar-refractivity contribution is 0.172. The Balaban J connectivity index is 2.15. The lowest BCUT2D eigenvalue weighted by Gasteiger charge is -2.35. The van der Waals surface area contributed by atoms with E-state index in [1.54, 1.807) is 0 Å². The molecule has 0 radical (unpaired) electrons. The van der Waals surface area contributed by atoms with Gasteiger partial charge >= 0.3 is 0 Å². The van der Waals surface area contributed by atoms with Crippen molar-refractivity contribution < 1.29 is 0 Å². The maximum Gasteiger partial charge on any atom is 0.0387 e. The van der Waals surface area contributed by atoms with Crippen molar-refractivity contribution in [2.24, 2.45) is 0 Å². The average Bonchev–Trinajstić information content (AvgIpc) is 2.38. The van der Waals surface area contributed by atoms with Crippen molar-refractivity contribution in [2.75, 3.05) is 26.2 Å². The fraction of sp³-hybridized carbons (Fsp3) is 0.500. The van der Waals surface area contributed by atoms with Crippen molar-refractivity contribution in [3.8, 4) is 0 Å². The van der Waals surface area contributed by atoms with Crippen LogP contribution in [0.1, 0.15) is 24.9 Å². The number of hydrogen-bond acceptors (Lipinski definition) is 3. The zero-order valence-corrected chi connectivity index (χ0v) is 10.5. The summed E-state index contributed by atoms with van der Waals surface area (Å²) in [5, 5.41) is 3.40. The summed E-state index contributed by atoms with van der Waals surface area (Å²) in [6, 6.07) is 4.70. The molecular formula is C14H21N3. The first kappa shape index (κ1) is 12.3. The van der Waals surface area contributed by atoms with Crippen molar-refractivity contribution in [3.63, 3.8) is 0 Å². The van der Waals surface area contributed by atoms with Gasteiger partial charge in [0.1, 0.15) is 0 Å². The van der Waals surface area contributed by atoms with Crippen LogP contribution < -0.4 is 5.32 Å². The second-order valence-electron chi connectivity index (χ2n) is 4.74. The molecule has 1 N–H and O–H groups in total. The number of nitrogens with one attached hydrogen (secondary N) is 1. The molecule has 0 saturated carbocycles. The highest BCUT2D eigenvalue weighted by Crippen LogP contribution is 2.26. The molecule has 92 valence electrons. The Morgan fingerprint density at radius 2 is 2.06 bits per heavy atom. The predicted octanol–water partition coefficient (Wildman–Crippen LogP) is 1.99.